The van der Waals surface area contributed by atoms with Gasteiger partial charge >= 0.3 is 0 Å². The molecule has 0 aliphatic heterocycles. The Hall–Kier alpha value is -0.910. The Labute approximate surface area is 115 Å². The predicted octanol–water partition coefficient (Wildman–Crippen LogP) is 1.87. The molecule has 1 aliphatic carbocycles. The molecule has 1 aromatic rings. The van der Waals surface area contributed by atoms with Crippen LogP contribution in [0.1, 0.15) is 31.7 Å². The van der Waals surface area contributed by atoms with Gasteiger partial charge in [-0.3, -0.25) is 0 Å². The SMILES string of the molecule is CCCNCc1ccc(S(=O)(=O)NCC2CC2)cc1. The van der Waals surface area contributed by atoms with Crippen LogP contribution in [-0.4, -0.2) is 21.5 Å². The molecule has 0 heterocycles. The normalized spacial score (nSPS) is 15.6. The second-order valence-corrected chi connectivity index (χ2v) is 6.88. The molecule has 5 heteroatoms. The van der Waals surface area contributed by atoms with Crippen molar-refractivity contribution in [2.24, 2.45) is 5.92 Å². The van der Waals surface area contributed by atoms with Crippen molar-refractivity contribution in [3.05, 3.63) is 29.8 Å². The van der Waals surface area contributed by atoms with Gasteiger partial charge in [-0.2, -0.15) is 0 Å². The van der Waals surface area contributed by atoms with E-state index in [1.807, 2.05) is 12.1 Å². The van der Waals surface area contributed by atoms with Crippen molar-refractivity contribution in [2.45, 2.75) is 37.6 Å². The lowest BCUT2D eigenvalue weighted by Gasteiger charge is -2.07. The second-order valence-electron chi connectivity index (χ2n) is 5.12. The van der Waals surface area contributed by atoms with E-state index in [0.29, 0.717) is 17.4 Å². The highest BCUT2D eigenvalue weighted by Crippen LogP contribution is 2.28. The molecule has 0 aromatic heterocycles. The zero-order chi connectivity index (χ0) is 13.7. The van der Waals surface area contributed by atoms with Crippen LogP contribution in [0.5, 0.6) is 0 Å². The summed E-state index contributed by atoms with van der Waals surface area (Å²) < 4.78 is 26.7. The van der Waals surface area contributed by atoms with Gasteiger partial charge in [-0.25, -0.2) is 13.1 Å². The third-order valence-electron chi connectivity index (χ3n) is 3.25. The van der Waals surface area contributed by atoms with E-state index >= 15 is 0 Å². The molecule has 0 saturated heterocycles. The minimum Gasteiger partial charge on any atom is -0.313 e. The van der Waals surface area contributed by atoms with Gasteiger partial charge in [0.05, 0.1) is 4.90 Å². The third-order valence-corrected chi connectivity index (χ3v) is 4.69. The lowest BCUT2D eigenvalue weighted by molar-refractivity contribution is 0.577. The first-order valence-corrected chi connectivity index (χ1v) is 8.39. The molecule has 2 rings (SSSR count). The summed E-state index contributed by atoms with van der Waals surface area (Å²) in [6.45, 7) is 4.45. The van der Waals surface area contributed by atoms with E-state index in [1.54, 1.807) is 12.1 Å². The van der Waals surface area contributed by atoms with E-state index in [2.05, 4.69) is 17.0 Å². The molecular formula is C14H22N2O2S. The van der Waals surface area contributed by atoms with Crippen molar-refractivity contribution >= 4 is 10.0 Å². The fraction of sp³-hybridized carbons (Fsp3) is 0.571. The van der Waals surface area contributed by atoms with Crippen molar-refractivity contribution in [1.82, 2.24) is 10.0 Å². The van der Waals surface area contributed by atoms with Gasteiger partial charge in [-0.15, -0.1) is 0 Å². The topological polar surface area (TPSA) is 58.2 Å². The molecule has 19 heavy (non-hydrogen) atoms. The molecule has 0 unspecified atom stereocenters. The van der Waals surface area contributed by atoms with Gasteiger partial charge in [-0.05, 0) is 49.4 Å². The summed E-state index contributed by atoms with van der Waals surface area (Å²) in [5, 5.41) is 3.29. The van der Waals surface area contributed by atoms with Crippen LogP contribution in [0, 0.1) is 5.92 Å². The summed E-state index contributed by atoms with van der Waals surface area (Å²) in [6.07, 6.45) is 3.38. The first kappa shape index (κ1) is 14.5. The lowest BCUT2D eigenvalue weighted by atomic mass is 10.2. The molecule has 1 fully saturated rings. The number of rotatable bonds is 8. The van der Waals surface area contributed by atoms with E-state index in [-0.39, 0.29) is 0 Å². The van der Waals surface area contributed by atoms with Crippen LogP contribution in [-0.2, 0) is 16.6 Å². The van der Waals surface area contributed by atoms with E-state index < -0.39 is 10.0 Å². The zero-order valence-corrected chi connectivity index (χ0v) is 12.2. The van der Waals surface area contributed by atoms with Crippen LogP contribution in [0.2, 0.25) is 0 Å². The van der Waals surface area contributed by atoms with Gasteiger partial charge in [0.2, 0.25) is 10.0 Å². The standard InChI is InChI=1S/C14H22N2O2S/c1-2-9-15-10-12-5-7-14(8-6-12)19(17,18)16-11-13-3-4-13/h5-8,13,15-16H,2-4,9-11H2,1H3. The van der Waals surface area contributed by atoms with Crippen LogP contribution in [0.25, 0.3) is 0 Å². The van der Waals surface area contributed by atoms with Gasteiger partial charge < -0.3 is 5.32 Å². The first-order chi connectivity index (χ1) is 9.12. The number of sulfonamides is 1. The lowest BCUT2D eigenvalue weighted by Crippen LogP contribution is -2.25. The molecule has 1 saturated carbocycles. The van der Waals surface area contributed by atoms with Crippen LogP contribution in [0.4, 0.5) is 0 Å². The van der Waals surface area contributed by atoms with Crippen molar-refractivity contribution in [3.63, 3.8) is 0 Å². The van der Waals surface area contributed by atoms with Gasteiger partial charge in [-0.1, -0.05) is 19.1 Å². The highest BCUT2D eigenvalue weighted by molar-refractivity contribution is 7.89. The summed E-state index contributed by atoms with van der Waals surface area (Å²) >= 11 is 0. The molecule has 1 aromatic carbocycles. The van der Waals surface area contributed by atoms with Crippen molar-refractivity contribution < 1.29 is 8.42 Å². The van der Waals surface area contributed by atoms with E-state index in [0.717, 1.165) is 37.9 Å². The highest BCUT2D eigenvalue weighted by Gasteiger charge is 2.24. The smallest absolute Gasteiger partial charge is 0.240 e. The summed E-state index contributed by atoms with van der Waals surface area (Å²) in [4.78, 5) is 0.354. The number of hydrogen-bond donors (Lipinski definition) is 2. The van der Waals surface area contributed by atoms with Gasteiger partial charge in [0.25, 0.3) is 0 Å². The molecule has 106 valence electrons. The molecule has 0 amide bonds. The van der Waals surface area contributed by atoms with E-state index in [4.69, 9.17) is 0 Å². The van der Waals surface area contributed by atoms with Crippen LogP contribution < -0.4 is 10.0 Å². The van der Waals surface area contributed by atoms with Gasteiger partial charge in [0.15, 0.2) is 0 Å². The highest BCUT2D eigenvalue weighted by atomic mass is 32.2. The van der Waals surface area contributed by atoms with Crippen molar-refractivity contribution in [1.29, 1.82) is 0 Å². The van der Waals surface area contributed by atoms with Crippen LogP contribution >= 0.6 is 0 Å². The maximum atomic E-state index is 12.0. The van der Waals surface area contributed by atoms with Crippen molar-refractivity contribution in [2.75, 3.05) is 13.1 Å². The number of hydrogen-bond acceptors (Lipinski definition) is 3. The Bertz CT molecular complexity index is 493. The van der Waals surface area contributed by atoms with Crippen molar-refractivity contribution in [3.8, 4) is 0 Å². The van der Waals surface area contributed by atoms with Crippen LogP contribution in [0.15, 0.2) is 29.2 Å². The molecular weight excluding hydrogens is 260 g/mol. The van der Waals surface area contributed by atoms with E-state index in [9.17, 15) is 8.42 Å². The summed E-state index contributed by atoms with van der Waals surface area (Å²) in [6, 6.07) is 7.10. The average Bonchev–Trinajstić information content (AvgIpc) is 3.22. The Kier molecular flexibility index (Phi) is 4.96. The Morgan fingerprint density at radius 1 is 1.21 bits per heavy atom. The van der Waals surface area contributed by atoms with E-state index in [1.165, 1.54) is 0 Å². The average molecular weight is 282 g/mol. The molecule has 1 aliphatic rings. The Morgan fingerprint density at radius 2 is 1.89 bits per heavy atom. The molecule has 2 N–H and O–H groups in total. The Morgan fingerprint density at radius 3 is 2.47 bits per heavy atom. The molecule has 0 atom stereocenters. The molecule has 0 spiro atoms. The van der Waals surface area contributed by atoms with Gasteiger partial charge in [0.1, 0.15) is 0 Å². The quantitative estimate of drug-likeness (QED) is 0.716. The fourth-order valence-electron chi connectivity index (χ4n) is 1.83. The third kappa shape index (κ3) is 4.60. The number of benzene rings is 1. The predicted molar refractivity (Wildman–Crippen MR) is 76.4 cm³/mol. The monoisotopic (exact) mass is 282 g/mol. The summed E-state index contributed by atoms with van der Waals surface area (Å²) in [7, 11) is -3.33. The summed E-state index contributed by atoms with van der Waals surface area (Å²) in [5.41, 5.74) is 1.11. The zero-order valence-electron chi connectivity index (χ0n) is 11.4. The largest absolute Gasteiger partial charge is 0.313 e. The minimum atomic E-state index is -3.33. The maximum Gasteiger partial charge on any atom is 0.240 e. The molecule has 0 bridgehead atoms. The van der Waals surface area contributed by atoms with Crippen LogP contribution in [0.3, 0.4) is 0 Å². The molecule has 4 nitrogen and oxygen atoms in total. The molecule has 0 radical (unpaired) electrons. The fourth-order valence-corrected chi connectivity index (χ4v) is 2.95. The second kappa shape index (κ2) is 6.50. The number of nitrogens with one attached hydrogen (secondary N) is 2. The minimum absolute atomic E-state index is 0.354. The first-order valence-electron chi connectivity index (χ1n) is 6.91. The summed E-state index contributed by atoms with van der Waals surface area (Å²) in [5.74, 6) is 0.548. The Balaban J connectivity index is 1.92. The maximum absolute atomic E-state index is 12.0. The van der Waals surface area contributed by atoms with Gasteiger partial charge in [0, 0.05) is 13.1 Å².